The summed E-state index contributed by atoms with van der Waals surface area (Å²) in [5.74, 6) is 0. The van der Waals surface area contributed by atoms with E-state index in [0.717, 1.165) is 9.40 Å². The smallest absolute Gasteiger partial charge is 0.235 e. The van der Waals surface area contributed by atoms with Crippen LogP contribution in [0.1, 0.15) is 0 Å². The van der Waals surface area contributed by atoms with Crippen molar-refractivity contribution in [3.05, 3.63) is 21.3 Å². The van der Waals surface area contributed by atoms with E-state index in [4.69, 9.17) is 0 Å². The first-order chi connectivity index (χ1) is 3.84. The lowest BCUT2D eigenvalue weighted by Gasteiger charge is -1.66. The van der Waals surface area contributed by atoms with Crippen LogP contribution in [-0.2, 0) is 4.79 Å². The van der Waals surface area contributed by atoms with Gasteiger partial charge in [0, 0.05) is 22.0 Å². The molecule has 0 radical (unpaired) electrons. The molecule has 0 fully saturated rings. The highest BCUT2D eigenvalue weighted by Gasteiger charge is 2.05. The van der Waals surface area contributed by atoms with Crippen molar-refractivity contribution < 1.29 is 4.79 Å². The van der Waals surface area contributed by atoms with Gasteiger partial charge < -0.3 is 0 Å². The van der Waals surface area contributed by atoms with E-state index in [1.807, 2.05) is 17.5 Å². The number of hydrogen-bond donors (Lipinski definition) is 0. The number of rotatable bonds is 1. The molecular weight excluding hydrogens is 188 g/mol. The second-order valence-corrected chi connectivity index (χ2v) is 4.29. The fourth-order valence-corrected chi connectivity index (χ4v) is 1.90. The van der Waals surface area contributed by atoms with Crippen LogP contribution in [-0.4, -0.2) is 5.62 Å². The van der Waals surface area contributed by atoms with Gasteiger partial charge in [-0.1, -0.05) is 0 Å². The van der Waals surface area contributed by atoms with E-state index in [0.29, 0.717) is 0 Å². The molecule has 0 bridgehead atoms. The maximum atomic E-state index is 10.1. The predicted molar refractivity (Wildman–Crippen MR) is 38.8 cm³/mol. The standard InChI is InChI=1S/C5H4BrOS/c6-5-2-1-3-8(5)4-7/h1-4H/q+1. The molecule has 0 N–H and O–H groups in total. The van der Waals surface area contributed by atoms with Crippen LogP contribution < -0.4 is 0 Å². The van der Waals surface area contributed by atoms with Gasteiger partial charge in [0.1, 0.15) is 5.38 Å². The zero-order valence-electron chi connectivity index (χ0n) is 4.00. The number of carbonyl (C=O) groups is 1. The van der Waals surface area contributed by atoms with Crippen LogP contribution in [0.25, 0.3) is 0 Å². The van der Waals surface area contributed by atoms with Gasteiger partial charge >= 0.3 is 5.62 Å². The quantitative estimate of drug-likeness (QED) is 0.492. The van der Waals surface area contributed by atoms with Gasteiger partial charge in [0.25, 0.3) is 0 Å². The molecule has 0 aliphatic carbocycles. The summed E-state index contributed by atoms with van der Waals surface area (Å²) in [5.41, 5.74) is 0.935. The minimum atomic E-state index is -0.262. The van der Waals surface area contributed by atoms with Crippen LogP contribution in [0.2, 0.25) is 0 Å². The second kappa shape index (κ2) is 2.42. The Morgan fingerprint density at radius 3 is 2.75 bits per heavy atom. The van der Waals surface area contributed by atoms with E-state index in [-0.39, 0.29) is 10.5 Å². The number of carbonyl (C=O) groups excluding carboxylic acids is 1. The summed E-state index contributed by atoms with van der Waals surface area (Å²) in [7, 11) is -0.262. The van der Waals surface area contributed by atoms with Crippen LogP contribution in [0.15, 0.2) is 21.3 Å². The Bertz CT molecular complexity index is 194. The fraction of sp³-hybridized carbons (Fsp3) is 0. The molecule has 0 amide bonds. The van der Waals surface area contributed by atoms with Crippen molar-refractivity contribution >= 4 is 32.0 Å². The van der Waals surface area contributed by atoms with E-state index in [2.05, 4.69) is 15.9 Å². The third-order valence-corrected chi connectivity index (χ3v) is 3.41. The number of halogens is 1. The van der Waals surface area contributed by atoms with Gasteiger partial charge in [0.05, 0.1) is 10.5 Å². The summed E-state index contributed by atoms with van der Waals surface area (Å²) in [6.45, 7) is 0. The zero-order chi connectivity index (χ0) is 5.98. The highest BCUT2D eigenvalue weighted by molar-refractivity contribution is 9.11. The van der Waals surface area contributed by atoms with E-state index >= 15 is 0 Å². The topological polar surface area (TPSA) is 17.1 Å². The molecule has 0 aliphatic rings. The first-order valence-electron chi connectivity index (χ1n) is 2.06. The summed E-state index contributed by atoms with van der Waals surface area (Å²) in [6, 6.07) is 3.76. The molecule has 0 saturated heterocycles. The summed E-state index contributed by atoms with van der Waals surface area (Å²) in [6.07, 6.45) is 0. The molecule has 1 nitrogen and oxygen atoms in total. The first kappa shape index (κ1) is 5.98. The van der Waals surface area contributed by atoms with Crippen LogP contribution in [0.3, 0.4) is 0 Å². The largest absolute Gasteiger partial charge is 0.344 e. The highest BCUT2D eigenvalue weighted by atomic mass is 79.9. The molecule has 1 aromatic rings. The van der Waals surface area contributed by atoms with Crippen molar-refractivity contribution in [2.24, 2.45) is 0 Å². The van der Waals surface area contributed by atoms with Crippen LogP contribution in [0.5, 0.6) is 0 Å². The van der Waals surface area contributed by atoms with Crippen LogP contribution in [0, 0.1) is 0 Å². The van der Waals surface area contributed by atoms with Gasteiger partial charge in [-0.05, 0) is 6.07 Å². The van der Waals surface area contributed by atoms with Gasteiger partial charge in [-0.2, -0.15) is 0 Å². The molecule has 1 aromatic heterocycles. The van der Waals surface area contributed by atoms with Crippen molar-refractivity contribution in [2.75, 3.05) is 0 Å². The molecule has 0 aromatic carbocycles. The lowest BCUT2D eigenvalue weighted by Crippen LogP contribution is -1.55. The molecule has 3 heteroatoms. The Morgan fingerprint density at radius 1 is 1.75 bits per heavy atom. The Balaban J connectivity index is 3.09. The molecule has 0 spiro atoms. The predicted octanol–water partition coefficient (Wildman–Crippen LogP) is 2.24. The maximum Gasteiger partial charge on any atom is 0.344 e. The van der Waals surface area contributed by atoms with E-state index in [1.165, 1.54) is 0 Å². The Morgan fingerprint density at radius 2 is 2.50 bits per heavy atom. The van der Waals surface area contributed by atoms with Crippen molar-refractivity contribution in [1.29, 1.82) is 0 Å². The number of thiophene rings is 1. The molecule has 8 heavy (non-hydrogen) atoms. The summed E-state index contributed by atoms with van der Waals surface area (Å²) < 4.78 is 0.979. The first-order valence-corrected chi connectivity index (χ1v) is 4.20. The minimum Gasteiger partial charge on any atom is -0.235 e. The van der Waals surface area contributed by atoms with Crippen molar-refractivity contribution in [1.82, 2.24) is 0 Å². The van der Waals surface area contributed by atoms with Gasteiger partial charge in [0.2, 0.25) is 3.79 Å². The van der Waals surface area contributed by atoms with Crippen LogP contribution in [0.4, 0.5) is 0 Å². The molecule has 1 heterocycles. The number of hydrogen-bond acceptors (Lipinski definition) is 1. The monoisotopic (exact) mass is 191 g/mol. The molecule has 1 unspecified atom stereocenters. The van der Waals surface area contributed by atoms with Crippen molar-refractivity contribution in [3.8, 4) is 0 Å². The summed E-state index contributed by atoms with van der Waals surface area (Å²) in [4.78, 5) is 10.1. The summed E-state index contributed by atoms with van der Waals surface area (Å²) >= 11 is 3.24. The highest BCUT2D eigenvalue weighted by Crippen LogP contribution is 2.26. The fourth-order valence-electron chi connectivity index (χ4n) is 0.421. The molecular formula is C5H4BrOS+. The Hall–Kier alpha value is -0.150. The molecule has 1 atom stereocenters. The zero-order valence-corrected chi connectivity index (χ0v) is 6.41. The van der Waals surface area contributed by atoms with E-state index in [1.54, 1.807) is 0 Å². The average Bonchev–Trinajstić information content (AvgIpc) is 2.14. The molecule has 0 aliphatic heterocycles. The van der Waals surface area contributed by atoms with Crippen molar-refractivity contribution in [2.45, 2.75) is 0 Å². The molecule has 1 rings (SSSR count). The molecule has 0 saturated carbocycles. The average molecular weight is 192 g/mol. The van der Waals surface area contributed by atoms with Crippen LogP contribution >= 0.6 is 26.4 Å². The van der Waals surface area contributed by atoms with Crippen molar-refractivity contribution in [3.63, 3.8) is 0 Å². The van der Waals surface area contributed by atoms with E-state index in [9.17, 15) is 4.79 Å². The van der Waals surface area contributed by atoms with Gasteiger partial charge in [-0.15, -0.1) is 0 Å². The lowest BCUT2D eigenvalue weighted by atomic mass is 10.7. The Kier molecular flexibility index (Phi) is 1.81. The second-order valence-electron chi connectivity index (χ2n) is 1.27. The molecule has 42 valence electrons. The normalized spacial score (nSPS) is 11.4. The van der Waals surface area contributed by atoms with E-state index < -0.39 is 0 Å². The lowest BCUT2D eigenvalue weighted by molar-refractivity contribution is 0.569. The third kappa shape index (κ3) is 0.980. The van der Waals surface area contributed by atoms with Gasteiger partial charge in [0.15, 0.2) is 0 Å². The van der Waals surface area contributed by atoms with Gasteiger partial charge in [-0.25, -0.2) is 4.79 Å². The maximum absolute atomic E-state index is 10.1. The summed E-state index contributed by atoms with van der Waals surface area (Å²) in [5, 5.41) is 1.87. The Labute approximate surface area is 58.4 Å². The minimum absolute atomic E-state index is 0.262. The van der Waals surface area contributed by atoms with Gasteiger partial charge in [-0.3, -0.25) is 0 Å². The third-order valence-electron chi connectivity index (χ3n) is 0.781. The SMILES string of the molecule is O=C[s+]1cccc1Br.